The maximum absolute atomic E-state index is 12.7. The lowest BCUT2D eigenvalue weighted by Crippen LogP contribution is -2.52. The van der Waals surface area contributed by atoms with E-state index in [0.717, 1.165) is 12.8 Å². The molecule has 1 amide bonds. The van der Waals surface area contributed by atoms with E-state index in [1.54, 1.807) is 30.7 Å². The van der Waals surface area contributed by atoms with Crippen molar-refractivity contribution in [2.45, 2.75) is 43.4 Å². The molecule has 2 fully saturated rings. The highest BCUT2D eigenvalue weighted by Crippen LogP contribution is 2.46. The van der Waals surface area contributed by atoms with Crippen LogP contribution in [0.4, 0.5) is 0 Å². The third-order valence-corrected chi connectivity index (χ3v) is 4.86. The molecule has 2 aromatic rings. The summed E-state index contributed by atoms with van der Waals surface area (Å²) < 4.78 is 5.41. The first-order valence-electron chi connectivity index (χ1n) is 7.67. The molecule has 2 saturated heterocycles. The van der Waals surface area contributed by atoms with Crippen molar-refractivity contribution in [1.29, 1.82) is 0 Å². The van der Waals surface area contributed by atoms with Gasteiger partial charge in [-0.1, -0.05) is 6.07 Å². The van der Waals surface area contributed by atoms with E-state index in [4.69, 9.17) is 4.42 Å². The molecular formula is C17H18N2O3. The van der Waals surface area contributed by atoms with Crippen molar-refractivity contribution in [2.24, 2.45) is 0 Å². The Hall–Kier alpha value is -2.14. The Morgan fingerprint density at radius 2 is 2.00 bits per heavy atom. The van der Waals surface area contributed by atoms with Crippen molar-refractivity contribution in [3.05, 3.63) is 54.2 Å². The maximum Gasteiger partial charge on any atom is 0.272 e. The summed E-state index contributed by atoms with van der Waals surface area (Å²) in [6.45, 7) is 0. The number of aromatic nitrogens is 1. The molecule has 2 aromatic heterocycles. The van der Waals surface area contributed by atoms with Crippen LogP contribution < -0.4 is 0 Å². The summed E-state index contributed by atoms with van der Waals surface area (Å²) in [7, 11) is 0. The van der Waals surface area contributed by atoms with Gasteiger partial charge in [0.05, 0.1) is 6.26 Å². The topological polar surface area (TPSA) is 66.6 Å². The fraction of sp³-hybridized carbons (Fsp3) is 0.412. The molecule has 114 valence electrons. The quantitative estimate of drug-likeness (QED) is 0.924. The van der Waals surface area contributed by atoms with Crippen molar-refractivity contribution in [1.82, 2.24) is 9.88 Å². The van der Waals surface area contributed by atoms with Gasteiger partial charge in [-0.05, 0) is 37.1 Å². The van der Waals surface area contributed by atoms with Crippen molar-refractivity contribution >= 4 is 5.91 Å². The molecule has 4 rings (SSSR count). The van der Waals surface area contributed by atoms with Gasteiger partial charge in [-0.25, -0.2) is 0 Å². The summed E-state index contributed by atoms with van der Waals surface area (Å²) in [6, 6.07) is 9.07. The number of hydrogen-bond acceptors (Lipinski definition) is 4. The SMILES string of the molecule is O=C(c1ccccn1)N1[C@@H]2CC[C@@H]1CC(O)(c1ccco1)C2. The van der Waals surface area contributed by atoms with Crippen LogP contribution in [0.3, 0.4) is 0 Å². The van der Waals surface area contributed by atoms with Gasteiger partial charge in [0.15, 0.2) is 0 Å². The average Bonchev–Trinajstić information content (AvgIpc) is 3.16. The van der Waals surface area contributed by atoms with E-state index in [9.17, 15) is 9.90 Å². The third-order valence-electron chi connectivity index (χ3n) is 4.86. The highest BCUT2D eigenvalue weighted by Gasteiger charge is 2.51. The van der Waals surface area contributed by atoms with Crippen molar-refractivity contribution < 1.29 is 14.3 Å². The zero-order chi connectivity index (χ0) is 15.2. The Morgan fingerprint density at radius 3 is 2.59 bits per heavy atom. The number of carbonyl (C=O) groups excluding carboxylic acids is 1. The minimum Gasteiger partial charge on any atom is -0.466 e. The monoisotopic (exact) mass is 298 g/mol. The smallest absolute Gasteiger partial charge is 0.272 e. The molecule has 0 radical (unpaired) electrons. The zero-order valence-corrected chi connectivity index (χ0v) is 12.2. The number of furan rings is 1. The van der Waals surface area contributed by atoms with Crippen LogP contribution in [0.1, 0.15) is 41.9 Å². The molecule has 0 aliphatic carbocycles. The minimum absolute atomic E-state index is 0.0328. The highest BCUT2D eigenvalue weighted by atomic mass is 16.4. The van der Waals surface area contributed by atoms with Crippen molar-refractivity contribution in [2.75, 3.05) is 0 Å². The molecule has 5 heteroatoms. The Morgan fingerprint density at radius 1 is 1.23 bits per heavy atom. The molecule has 22 heavy (non-hydrogen) atoms. The summed E-state index contributed by atoms with van der Waals surface area (Å²) in [5.74, 6) is 0.573. The van der Waals surface area contributed by atoms with E-state index in [1.807, 2.05) is 17.0 Å². The number of rotatable bonds is 2. The van der Waals surface area contributed by atoms with Gasteiger partial charge in [0.2, 0.25) is 0 Å². The lowest BCUT2D eigenvalue weighted by atomic mass is 9.84. The van der Waals surface area contributed by atoms with E-state index < -0.39 is 5.60 Å². The van der Waals surface area contributed by atoms with Crippen LogP contribution in [-0.4, -0.2) is 33.0 Å². The highest BCUT2D eigenvalue weighted by molar-refractivity contribution is 5.93. The molecule has 4 heterocycles. The second kappa shape index (κ2) is 4.95. The molecule has 0 aromatic carbocycles. The van der Waals surface area contributed by atoms with Gasteiger partial charge in [-0.2, -0.15) is 0 Å². The van der Waals surface area contributed by atoms with Crippen LogP contribution in [0.5, 0.6) is 0 Å². The van der Waals surface area contributed by atoms with Crippen LogP contribution in [0.15, 0.2) is 47.2 Å². The number of fused-ring (bicyclic) bond motifs is 2. The lowest BCUT2D eigenvalue weighted by Gasteiger charge is -2.42. The van der Waals surface area contributed by atoms with E-state index >= 15 is 0 Å². The van der Waals surface area contributed by atoms with Crippen molar-refractivity contribution in [3.8, 4) is 0 Å². The summed E-state index contributed by atoms with van der Waals surface area (Å²) in [5.41, 5.74) is -0.487. The van der Waals surface area contributed by atoms with Crippen LogP contribution >= 0.6 is 0 Å². The number of carbonyl (C=O) groups is 1. The number of amides is 1. The van der Waals surface area contributed by atoms with Gasteiger partial charge in [0.25, 0.3) is 5.91 Å². The van der Waals surface area contributed by atoms with Gasteiger partial charge in [0.1, 0.15) is 17.1 Å². The van der Waals surface area contributed by atoms with Crippen LogP contribution in [0.25, 0.3) is 0 Å². The van der Waals surface area contributed by atoms with Crippen LogP contribution in [0, 0.1) is 0 Å². The summed E-state index contributed by atoms with van der Waals surface area (Å²) in [5, 5.41) is 10.9. The number of aliphatic hydroxyl groups is 1. The second-order valence-corrected chi connectivity index (χ2v) is 6.23. The molecule has 0 spiro atoms. The van der Waals surface area contributed by atoms with Crippen molar-refractivity contribution in [3.63, 3.8) is 0 Å². The van der Waals surface area contributed by atoms with Gasteiger partial charge in [-0.15, -0.1) is 0 Å². The molecule has 2 atom stereocenters. The Balaban J connectivity index is 1.60. The first-order chi connectivity index (χ1) is 10.7. The lowest BCUT2D eigenvalue weighted by molar-refractivity contribution is -0.0616. The number of hydrogen-bond donors (Lipinski definition) is 1. The predicted molar refractivity (Wildman–Crippen MR) is 79.1 cm³/mol. The molecule has 2 aliphatic rings. The molecule has 1 N–H and O–H groups in total. The minimum atomic E-state index is -0.962. The van der Waals surface area contributed by atoms with Crippen LogP contribution in [-0.2, 0) is 5.60 Å². The molecule has 2 bridgehead atoms. The fourth-order valence-corrected chi connectivity index (χ4v) is 3.92. The average molecular weight is 298 g/mol. The normalized spacial score (nSPS) is 30.5. The molecule has 5 nitrogen and oxygen atoms in total. The molecule has 0 saturated carbocycles. The largest absolute Gasteiger partial charge is 0.466 e. The summed E-state index contributed by atoms with van der Waals surface area (Å²) in [6.07, 6.45) is 6.11. The standard InChI is InChI=1S/C17H18N2O3/c20-16(14-4-1-2-8-18-14)19-12-6-7-13(19)11-17(21,10-12)15-5-3-9-22-15/h1-5,8-9,12-13,21H,6-7,10-11H2/t12-,13-/m1/s1. The molecular weight excluding hydrogens is 280 g/mol. The molecule has 2 aliphatic heterocycles. The van der Waals surface area contributed by atoms with E-state index in [2.05, 4.69) is 4.98 Å². The first kappa shape index (κ1) is 13.5. The van der Waals surface area contributed by atoms with Gasteiger partial charge < -0.3 is 14.4 Å². The van der Waals surface area contributed by atoms with Crippen LogP contribution in [0.2, 0.25) is 0 Å². The van der Waals surface area contributed by atoms with Gasteiger partial charge in [0, 0.05) is 31.1 Å². The van der Waals surface area contributed by atoms with E-state index in [0.29, 0.717) is 24.3 Å². The van der Waals surface area contributed by atoms with E-state index in [-0.39, 0.29) is 18.0 Å². The Bertz CT molecular complexity index is 654. The predicted octanol–water partition coefficient (Wildman–Crippen LogP) is 2.33. The van der Waals surface area contributed by atoms with E-state index in [1.165, 1.54) is 0 Å². The van der Waals surface area contributed by atoms with Gasteiger partial charge >= 0.3 is 0 Å². The third kappa shape index (κ3) is 2.04. The summed E-state index contributed by atoms with van der Waals surface area (Å²) >= 11 is 0. The second-order valence-electron chi connectivity index (χ2n) is 6.23. The van der Waals surface area contributed by atoms with Gasteiger partial charge in [-0.3, -0.25) is 9.78 Å². The number of piperidine rings is 1. The fourth-order valence-electron chi connectivity index (χ4n) is 3.92. The number of pyridine rings is 1. The zero-order valence-electron chi connectivity index (χ0n) is 12.2. The Labute approximate surface area is 128 Å². The Kier molecular flexibility index (Phi) is 3.04. The number of nitrogens with zero attached hydrogens (tertiary/aromatic N) is 2. The maximum atomic E-state index is 12.7. The molecule has 0 unspecified atom stereocenters. The first-order valence-corrected chi connectivity index (χ1v) is 7.67. The summed E-state index contributed by atoms with van der Waals surface area (Å²) in [4.78, 5) is 18.8.